The normalized spacial score (nSPS) is 19.2. The number of pyridine rings is 1. The Hall–Kier alpha value is -2.12. The van der Waals surface area contributed by atoms with Crippen LogP contribution in [0, 0.1) is 17.2 Å². The number of hydrogen-bond donors (Lipinski definition) is 0. The fourth-order valence-electron chi connectivity index (χ4n) is 3.66. The Balaban J connectivity index is 1.84. The third-order valence-corrected chi connectivity index (χ3v) is 4.79. The van der Waals surface area contributed by atoms with Gasteiger partial charge in [-0.2, -0.15) is 5.26 Å². The summed E-state index contributed by atoms with van der Waals surface area (Å²) in [5.74, 6) is 0.694. The van der Waals surface area contributed by atoms with Crippen LogP contribution >= 0.6 is 0 Å². The quantitative estimate of drug-likeness (QED) is 0.830. The number of nitrogens with zero attached hydrogens (tertiary/aromatic N) is 3. The zero-order valence-electron chi connectivity index (χ0n) is 14.5. The molecule has 0 N–H and O–H groups in total. The third kappa shape index (κ3) is 3.52. The molecule has 4 heteroatoms. The maximum atomic E-state index is 9.30. The van der Waals surface area contributed by atoms with E-state index < -0.39 is 0 Å². The number of aromatic nitrogens is 1. The monoisotopic (exact) mass is 323 g/mol. The molecule has 0 amide bonds. The summed E-state index contributed by atoms with van der Waals surface area (Å²) in [5.41, 5.74) is 2.59. The lowest BCUT2D eigenvalue weighted by Gasteiger charge is -2.36. The molecule has 1 fully saturated rings. The zero-order chi connectivity index (χ0) is 16.9. The van der Waals surface area contributed by atoms with Crippen molar-refractivity contribution >= 4 is 16.6 Å². The summed E-state index contributed by atoms with van der Waals surface area (Å²) in [6.45, 7) is 7.09. The first-order valence-corrected chi connectivity index (χ1v) is 8.87. The van der Waals surface area contributed by atoms with E-state index in [1.807, 2.05) is 12.1 Å². The van der Waals surface area contributed by atoms with Crippen LogP contribution in [0.5, 0.6) is 0 Å². The van der Waals surface area contributed by atoms with Crippen LogP contribution in [0.1, 0.15) is 38.7 Å². The molecule has 0 radical (unpaired) electrons. The predicted molar refractivity (Wildman–Crippen MR) is 97.1 cm³/mol. The van der Waals surface area contributed by atoms with Crippen LogP contribution in [0.15, 0.2) is 30.5 Å². The average Bonchev–Trinajstić information content (AvgIpc) is 2.61. The van der Waals surface area contributed by atoms with Crippen LogP contribution in [-0.4, -0.2) is 30.8 Å². The summed E-state index contributed by atoms with van der Waals surface area (Å²) in [7, 11) is 0. The Morgan fingerprint density at radius 3 is 3.08 bits per heavy atom. The molecule has 2 atom stereocenters. The third-order valence-electron chi connectivity index (χ3n) is 4.79. The number of fused-ring (bicyclic) bond motifs is 1. The zero-order valence-corrected chi connectivity index (χ0v) is 14.5. The molecule has 1 aliphatic heterocycles. The summed E-state index contributed by atoms with van der Waals surface area (Å²) in [6, 6.07) is 10.2. The topological polar surface area (TPSA) is 49.2 Å². The summed E-state index contributed by atoms with van der Waals surface area (Å²) >= 11 is 0. The van der Waals surface area contributed by atoms with E-state index in [0.717, 1.165) is 42.7 Å². The Bertz CT molecular complexity index is 737. The van der Waals surface area contributed by atoms with Crippen LogP contribution in [0.25, 0.3) is 10.9 Å². The van der Waals surface area contributed by atoms with Crippen molar-refractivity contribution in [3.05, 3.63) is 36.0 Å². The van der Waals surface area contributed by atoms with E-state index in [9.17, 15) is 5.26 Å². The molecule has 0 unspecified atom stereocenters. The van der Waals surface area contributed by atoms with E-state index in [-0.39, 0.29) is 6.10 Å². The summed E-state index contributed by atoms with van der Waals surface area (Å²) in [5, 5.41) is 10.4. The maximum Gasteiger partial charge on any atom is 0.101 e. The minimum absolute atomic E-state index is 0.280. The van der Waals surface area contributed by atoms with Gasteiger partial charge in [0.1, 0.15) is 6.07 Å². The second kappa shape index (κ2) is 7.63. The maximum absolute atomic E-state index is 9.30. The summed E-state index contributed by atoms with van der Waals surface area (Å²) in [4.78, 5) is 6.81. The Kier molecular flexibility index (Phi) is 5.32. The molecule has 2 aromatic rings. The van der Waals surface area contributed by atoms with Crippen molar-refractivity contribution in [2.24, 2.45) is 5.92 Å². The molecular weight excluding hydrogens is 298 g/mol. The molecule has 2 heterocycles. The van der Waals surface area contributed by atoms with Crippen LogP contribution in [-0.2, 0) is 4.74 Å². The molecule has 4 nitrogen and oxygen atoms in total. The van der Waals surface area contributed by atoms with Crippen LogP contribution in [0.3, 0.4) is 0 Å². The Labute approximate surface area is 144 Å². The van der Waals surface area contributed by atoms with E-state index >= 15 is 0 Å². The molecule has 0 bridgehead atoms. The highest BCUT2D eigenvalue weighted by molar-refractivity contribution is 5.95. The van der Waals surface area contributed by atoms with Crippen molar-refractivity contribution in [2.75, 3.05) is 24.6 Å². The number of morpholine rings is 1. The summed E-state index contributed by atoms with van der Waals surface area (Å²) in [6.07, 6.45) is 5.62. The van der Waals surface area contributed by atoms with Gasteiger partial charge in [-0.1, -0.05) is 26.7 Å². The van der Waals surface area contributed by atoms with Gasteiger partial charge in [0.2, 0.25) is 0 Å². The minimum Gasteiger partial charge on any atom is -0.375 e. The Morgan fingerprint density at radius 1 is 1.42 bits per heavy atom. The van der Waals surface area contributed by atoms with Gasteiger partial charge in [0, 0.05) is 30.4 Å². The van der Waals surface area contributed by atoms with Gasteiger partial charge in [0.05, 0.1) is 23.8 Å². The van der Waals surface area contributed by atoms with Crippen molar-refractivity contribution in [1.29, 1.82) is 5.26 Å². The molecule has 1 saturated heterocycles. The SMILES string of the molecule is CCC[C@@H](C)C[C@H]1CN(c2ccc(C#N)c3ncccc23)CCO1. The number of ether oxygens (including phenoxy) is 1. The largest absolute Gasteiger partial charge is 0.375 e. The lowest BCUT2D eigenvalue weighted by Crippen LogP contribution is -2.43. The number of rotatable bonds is 5. The van der Waals surface area contributed by atoms with Crippen LogP contribution in [0.2, 0.25) is 0 Å². The number of benzene rings is 1. The fourth-order valence-corrected chi connectivity index (χ4v) is 3.66. The van der Waals surface area contributed by atoms with Gasteiger partial charge in [-0.05, 0) is 36.6 Å². The molecular formula is C20H25N3O. The van der Waals surface area contributed by atoms with E-state index in [1.165, 1.54) is 12.8 Å². The first-order valence-electron chi connectivity index (χ1n) is 8.87. The summed E-state index contributed by atoms with van der Waals surface area (Å²) < 4.78 is 5.99. The van der Waals surface area contributed by atoms with Gasteiger partial charge >= 0.3 is 0 Å². The molecule has 0 spiro atoms. The van der Waals surface area contributed by atoms with Gasteiger partial charge in [-0.15, -0.1) is 0 Å². The van der Waals surface area contributed by atoms with Gasteiger partial charge < -0.3 is 9.64 Å². The highest BCUT2D eigenvalue weighted by Crippen LogP contribution is 2.30. The molecule has 1 aliphatic rings. The van der Waals surface area contributed by atoms with E-state index in [0.29, 0.717) is 11.5 Å². The molecule has 1 aromatic heterocycles. The Morgan fingerprint density at radius 2 is 2.29 bits per heavy atom. The number of anilines is 1. The fraction of sp³-hybridized carbons (Fsp3) is 0.500. The first kappa shape index (κ1) is 16.7. The van der Waals surface area contributed by atoms with Gasteiger partial charge in [0.15, 0.2) is 0 Å². The number of nitriles is 1. The molecule has 24 heavy (non-hydrogen) atoms. The molecule has 0 aliphatic carbocycles. The lowest BCUT2D eigenvalue weighted by atomic mass is 9.97. The van der Waals surface area contributed by atoms with Crippen molar-refractivity contribution in [3.63, 3.8) is 0 Å². The number of hydrogen-bond acceptors (Lipinski definition) is 4. The van der Waals surface area contributed by atoms with Crippen molar-refractivity contribution < 1.29 is 4.74 Å². The molecule has 1 aromatic carbocycles. The van der Waals surface area contributed by atoms with E-state index in [1.54, 1.807) is 6.20 Å². The molecule has 126 valence electrons. The van der Waals surface area contributed by atoms with Crippen molar-refractivity contribution in [1.82, 2.24) is 4.98 Å². The second-order valence-electron chi connectivity index (χ2n) is 6.71. The molecule has 3 rings (SSSR count). The highest BCUT2D eigenvalue weighted by atomic mass is 16.5. The van der Waals surface area contributed by atoms with Crippen LogP contribution in [0.4, 0.5) is 5.69 Å². The lowest BCUT2D eigenvalue weighted by molar-refractivity contribution is 0.0254. The van der Waals surface area contributed by atoms with Crippen molar-refractivity contribution in [2.45, 2.75) is 39.2 Å². The second-order valence-corrected chi connectivity index (χ2v) is 6.71. The molecule has 0 saturated carbocycles. The first-order chi connectivity index (χ1) is 11.7. The smallest absolute Gasteiger partial charge is 0.101 e. The average molecular weight is 323 g/mol. The minimum atomic E-state index is 0.280. The van der Waals surface area contributed by atoms with E-state index in [2.05, 4.69) is 41.9 Å². The van der Waals surface area contributed by atoms with Gasteiger partial charge in [-0.25, -0.2) is 0 Å². The van der Waals surface area contributed by atoms with E-state index in [4.69, 9.17) is 4.74 Å². The predicted octanol–water partition coefficient (Wildman–Crippen LogP) is 4.14. The van der Waals surface area contributed by atoms with Gasteiger partial charge in [-0.3, -0.25) is 4.98 Å². The highest BCUT2D eigenvalue weighted by Gasteiger charge is 2.24. The van der Waals surface area contributed by atoms with Crippen molar-refractivity contribution in [3.8, 4) is 6.07 Å². The van der Waals surface area contributed by atoms with Crippen LogP contribution < -0.4 is 4.90 Å². The standard InChI is InChI=1S/C20H25N3O/c1-3-5-15(2)12-17-14-23(10-11-24-17)19-8-7-16(13-21)20-18(19)6-4-9-22-20/h4,6-9,15,17H,3,5,10-12,14H2,1-2H3/t15-,17+/m1/s1. The van der Waals surface area contributed by atoms with Gasteiger partial charge in [0.25, 0.3) is 0 Å².